The highest BCUT2D eigenvalue weighted by Crippen LogP contribution is 2.28. The third kappa shape index (κ3) is 2.51. The highest BCUT2D eigenvalue weighted by molar-refractivity contribution is 7.89. The van der Waals surface area contributed by atoms with E-state index in [9.17, 15) is 27.1 Å². The summed E-state index contributed by atoms with van der Waals surface area (Å²) in [4.78, 5) is 10.2. The molecular formula is C11H11F2NO5S. The molecule has 6 nitrogen and oxygen atoms in total. The van der Waals surface area contributed by atoms with Gasteiger partial charge >= 0.3 is 5.97 Å². The SMILES string of the molecule is O=C(O)[C@@H]1C[C@@H](O)CN1S(=O)(=O)c1ccc(F)cc1F. The molecule has 0 bridgehead atoms. The number of halogens is 2. The van der Waals surface area contributed by atoms with Gasteiger partial charge in [-0.25, -0.2) is 17.2 Å². The number of aliphatic hydroxyl groups is 1. The minimum Gasteiger partial charge on any atom is -0.480 e. The van der Waals surface area contributed by atoms with Crippen LogP contribution >= 0.6 is 0 Å². The first-order valence-electron chi connectivity index (χ1n) is 5.61. The van der Waals surface area contributed by atoms with Crippen molar-refractivity contribution in [2.24, 2.45) is 0 Å². The van der Waals surface area contributed by atoms with Crippen LogP contribution in [-0.4, -0.2) is 47.6 Å². The van der Waals surface area contributed by atoms with Crippen LogP contribution in [0.4, 0.5) is 8.78 Å². The van der Waals surface area contributed by atoms with Crippen molar-refractivity contribution in [1.82, 2.24) is 4.31 Å². The lowest BCUT2D eigenvalue weighted by atomic mass is 10.2. The van der Waals surface area contributed by atoms with Gasteiger partial charge in [-0.15, -0.1) is 0 Å². The van der Waals surface area contributed by atoms with E-state index in [1.165, 1.54) is 0 Å². The van der Waals surface area contributed by atoms with Crippen LogP contribution in [0, 0.1) is 11.6 Å². The van der Waals surface area contributed by atoms with Gasteiger partial charge in [-0.3, -0.25) is 4.79 Å². The first kappa shape index (κ1) is 14.8. The van der Waals surface area contributed by atoms with Gasteiger partial charge in [-0.1, -0.05) is 0 Å². The summed E-state index contributed by atoms with van der Waals surface area (Å²) in [5, 5.41) is 18.4. The maximum Gasteiger partial charge on any atom is 0.322 e. The van der Waals surface area contributed by atoms with Crippen molar-refractivity contribution in [2.75, 3.05) is 6.54 Å². The molecule has 9 heteroatoms. The molecule has 2 rings (SSSR count). The number of carboxylic acids is 1. The average molecular weight is 307 g/mol. The molecule has 0 aromatic heterocycles. The molecule has 1 aromatic rings. The zero-order valence-corrected chi connectivity index (χ0v) is 10.8. The minimum atomic E-state index is -4.46. The summed E-state index contributed by atoms with van der Waals surface area (Å²) in [6, 6.07) is 0.413. The highest BCUT2D eigenvalue weighted by Gasteiger charge is 2.44. The fourth-order valence-corrected chi connectivity index (χ4v) is 3.76. The molecule has 110 valence electrons. The van der Waals surface area contributed by atoms with Gasteiger partial charge in [0.1, 0.15) is 22.6 Å². The van der Waals surface area contributed by atoms with Gasteiger partial charge in [-0.2, -0.15) is 4.31 Å². The van der Waals surface area contributed by atoms with Crippen molar-refractivity contribution in [2.45, 2.75) is 23.5 Å². The Kier molecular flexibility index (Phi) is 3.76. The summed E-state index contributed by atoms with van der Waals surface area (Å²) in [6.07, 6.45) is -1.42. The van der Waals surface area contributed by atoms with E-state index in [0.717, 1.165) is 12.1 Å². The fraction of sp³-hybridized carbons (Fsp3) is 0.364. The largest absolute Gasteiger partial charge is 0.480 e. The van der Waals surface area contributed by atoms with E-state index in [-0.39, 0.29) is 6.42 Å². The Bertz CT molecular complexity index is 648. The summed E-state index contributed by atoms with van der Waals surface area (Å²) in [7, 11) is -4.46. The van der Waals surface area contributed by atoms with E-state index < -0.39 is 51.2 Å². The third-order valence-electron chi connectivity index (χ3n) is 3.00. The smallest absolute Gasteiger partial charge is 0.322 e. The summed E-state index contributed by atoms with van der Waals surface area (Å²) >= 11 is 0. The molecule has 1 aliphatic heterocycles. The van der Waals surface area contributed by atoms with Crippen molar-refractivity contribution < 1.29 is 32.2 Å². The Morgan fingerprint density at radius 3 is 2.55 bits per heavy atom. The molecule has 1 saturated heterocycles. The van der Waals surface area contributed by atoms with Gasteiger partial charge < -0.3 is 10.2 Å². The van der Waals surface area contributed by atoms with Crippen molar-refractivity contribution in [3.8, 4) is 0 Å². The number of nitrogens with zero attached hydrogens (tertiary/aromatic N) is 1. The van der Waals surface area contributed by atoms with Gasteiger partial charge in [0.25, 0.3) is 0 Å². The molecule has 1 fully saturated rings. The van der Waals surface area contributed by atoms with Gasteiger partial charge in [0.05, 0.1) is 6.10 Å². The van der Waals surface area contributed by atoms with Crippen molar-refractivity contribution in [1.29, 1.82) is 0 Å². The van der Waals surface area contributed by atoms with Crippen LogP contribution in [0.15, 0.2) is 23.1 Å². The van der Waals surface area contributed by atoms with Gasteiger partial charge in [0.15, 0.2) is 0 Å². The second-order valence-corrected chi connectivity index (χ2v) is 6.25. The number of hydrogen-bond donors (Lipinski definition) is 2. The monoisotopic (exact) mass is 307 g/mol. The fourth-order valence-electron chi connectivity index (χ4n) is 2.09. The summed E-state index contributed by atoms with van der Waals surface area (Å²) < 4.78 is 51.3. The number of carbonyl (C=O) groups is 1. The average Bonchev–Trinajstić information content (AvgIpc) is 2.71. The molecule has 0 spiro atoms. The standard InChI is InChI=1S/C11H11F2NO5S/c12-6-1-2-10(8(13)3-6)20(18,19)14-5-7(15)4-9(14)11(16)17/h1-3,7,9,15H,4-5H2,(H,16,17)/t7-,9+/m1/s1. The maximum absolute atomic E-state index is 13.6. The van der Waals surface area contributed by atoms with E-state index in [1.54, 1.807) is 0 Å². The molecule has 0 radical (unpaired) electrons. The van der Waals surface area contributed by atoms with Crippen LogP contribution in [0.25, 0.3) is 0 Å². The summed E-state index contributed by atoms with van der Waals surface area (Å²) in [5.74, 6) is -3.69. The van der Waals surface area contributed by atoms with Crippen LogP contribution in [0.5, 0.6) is 0 Å². The number of carboxylic acid groups (broad SMARTS) is 1. The van der Waals surface area contributed by atoms with Gasteiger partial charge in [0.2, 0.25) is 10.0 Å². The molecule has 0 saturated carbocycles. The molecule has 0 unspecified atom stereocenters. The zero-order valence-electron chi connectivity index (χ0n) is 10.0. The van der Waals surface area contributed by atoms with Crippen molar-refractivity contribution in [3.05, 3.63) is 29.8 Å². The zero-order chi connectivity index (χ0) is 15.1. The van der Waals surface area contributed by atoms with Crippen LogP contribution in [0.2, 0.25) is 0 Å². The number of sulfonamides is 1. The lowest BCUT2D eigenvalue weighted by Gasteiger charge is -2.20. The van der Waals surface area contributed by atoms with Crippen LogP contribution in [-0.2, 0) is 14.8 Å². The molecule has 0 aliphatic carbocycles. The number of aliphatic hydroxyl groups excluding tert-OH is 1. The number of aliphatic carboxylic acids is 1. The molecular weight excluding hydrogens is 296 g/mol. The minimum absolute atomic E-state index is 0.280. The van der Waals surface area contributed by atoms with Gasteiger partial charge in [-0.05, 0) is 12.1 Å². The maximum atomic E-state index is 13.6. The number of rotatable bonds is 3. The van der Waals surface area contributed by atoms with E-state index in [4.69, 9.17) is 5.11 Å². The Balaban J connectivity index is 2.46. The number of hydrogen-bond acceptors (Lipinski definition) is 4. The van der Waals surface area contributed by atoms with Crippen LogP contribution in [0.3, 0.4) is 0 Å². The molecule has 1 aromatic carbocycles. The van der Waals surface area contributed by atoms with Gasteiger partial charge in [0, 0.05) is 19.0 Å². The second kappa shape index (κ2) is 5.08. The Morgan fingerprint density at radius 2 is 2.00 bits per heavy atom. The Morgan fingerprint density at radius 1 is 1.35 bits per heavy atom. The predicted molar refractivity (Wildman–Crippen MR) is 62.3 cm³/mol. The van der Waals surface area contributed by atoms with E-state index in [0.29, 0.717) is 10.4 Å². The normalized spacial score (nSPS) is 23.9. The third-order valence-corrected chi connectivity index (χ3v) is 4.91. The topological polar surface area (TPSA) is 94.9 Å². The highest BCUT2D eigenvalue weighted by atomic mass is 32.2. The Hall–Kier alpha value is -1.58. The lowest BCUT2D eigenvalue weighted by molar-refractivity contribution is -0.140. The van der Waals surface area contributed by atoms with E-state index in [2.05, 4.69) is 0 Å². The quantitative estimate of drug-likeness (QED) is 0.830. The molecule has 0 amide bonds. The number of β-amino-alcohol motifs (C(OH)–C–C–N with tert-alkyl or cyclic N) is 1. The molecule has 1 aliphatic rings. The van der Waals surface area contributed by atoms with E-state index in [1.807, 2.05) is 0 Å². The number of benzene rings is 1. The molecule has 1 heterocycles. The molecule has 20 heavy (non-hydrogen) atoms. The molecule has 2 N–H and O–H groups in total. The predicted octanol–water partition coefficient (Wildman–Crippen LogP) is 0.173. The lowest BCUT2D eigenvalue weighted by Crippen LogP contribution is -2.40. The van der Waals surface area contributed by atoms with Crippen LogP contribution in [0.1, 0.15) is 6.42 Å². The summed E-state index contributed by atoms with van der Waals surface area (Å²) in [6.45, 7) is -0.448. The molecule has 2 atom stereocenters. The van der Waals surface area contributed by atoms with Crippen LogP contribution < -0.4 is 0 Å². The first-order valence-corrected chi connectivity index (χ1v) is 7.05. The van der Waals surface area contributed by atoms with Crippen molar-refractivity contribution >= 4 is 16.0 Å². The Labute approximate surface area is 113 Å². The second-order valence-electron chi connectivity index (χ2n) is 4.39. The van der Waals surface area contributed by atoms with E-state index >= 15 is 0 Å². The summed E-state index contributed by atoms with van der Waals surface area (Å²) in [5.41, 5.74) is 0. The van der Waals surface area contributed by atoms with Crippen molar-refractivity contribution in [3.63, 3.8) is 0 Å². The first-order chi connectivity index (χ1) is 9.23.